The van der Waals surface area contributed by atoms with Gasteiger partial charge in [-0.25, -0.2) is 4.98 Å². The number of fused-ring (bicyclic) bond motifs is 3. The molecule has 2 unspecified atom stereocenters. The van der Waals surface area contributed by atoms with E-state index in [1.54, 1.807) is 23.7 Å². The van der Waals surface area contributed by atoms with E-state index < -0.39 is 0 Å². The molecule has 2 atom stereocenters. The number of aromatic nitrogens is 3. The molecule has 0 fully saturated rings. The fourth-order valence-corrected chi connectivity index (χ4v) is 5.12. The van der Waals surface area contributed by atoms with Crippen molar-refractivity contribution in [3.8, 4) is 11.3 Å². The second-order valence-electron chi connectivity index (χ2n) is 8.16. The first-order chi connectivity index (χ1) is 14.6. The van der Waals surface area contributed by atoms with E-state index in [-0.39, 0.29) is 11.9 Å². The Morgan fingerprint density at radius 1 is 1.27 bits per heavy atom. The SMILES string of the molecule is CC1CCc2[nH]c3c(C(=O)NC(C)c4nc(-c5ccncc5)cs4)cccc3c2C1. The van der Waals surface area contributed by atoms with Crippen molar-refractivity contribution in [3.63, 3.8) is 0 Å². The third-order valence-corrected chi connectivity index (χ3v) is 6.96. The number of aryl methyl sites for hydroxylation is 1. The minimum absolute atomic E-state index is 0.0691. The summed E-state index contributed by atoms with van der Waals surface area (Å²) in [7, 11) is 0. The molecular formula is C24H24N4OS. The minimum Gasteiger partial charge on any atom is -0.358 e. The normalized spacial score (nSPS) is 16.9. The quantitative estimate of drug-likeness (QED) is 0.474. The highest BCUT2D eigenvalue weighted by molar-refractivity contribution is 7.10. The molecule has 0 aliphatic heterocycles. The van der Waals surface area contributed by atoms with Gasteiger partial charge in [0.2, 0.25) is 0 Å². The third-order valence-electron chi connectivity index (χ3n) is 5.93. The fraction of sp³-hybridized carbons (Fsp3) is 0.292. The summed E-state index contributed by atoms with van der Waals surface area (Å²) in [5.41, 5.74) is 6.27. The van der Waals surface area contributed by atoms with Gasteiger partial charge in [-0.15, -0.1) is 11.3 Å². The predicted molar refractivity (Wildman–Crippen MR) is 121 cm³/mol. The molecule has 6 heteroatoms. The third kappa shape index (κ3) is 3.41. The van der Waals surface area contributed by atoms with Gasteiger partial charge in [0, 0.05) is 34.4 Å². The van der Waals surface area contributed by atoms with Crippen LogP contribution >= 0.6 is 11.3 Å². The molecule has 2 N–H and O–H groups in total. The Kier molecular flexibility index (Phi) is 4.87. The van der Waals surface area contributed by atoms with Gasteiger partial charge in [-0.05, 0) is 55.9 Å². The lowest BCUT2D eigenvalue weighted by Gasteiger charge is -2.17. The Balaban J connectivity index is 1.39. The van der Waals surface area contributed by atoms with Crippen LogP contribution in [-0.2, 0) is 12.8 Å². The Hall–Kier alpha value is -2.99. The molecule has 152 valence electrons. The van der Waals surface area contributed by atoms with E-state index in [0.29, 0.717) is 11.5 Å². The minimum atomic E-state index is -0.169. The maximum Gasteiger partial charge on any atom is 0.253 e. The van der Waals surface area contributed by atoms with Gasteiger partial charge in [0.25, 0.3) is 5.91 Å². The highest BCUT2D eigenvalue weighted by atomic mass is 32.1. The molecule has 5 rings (SSSR count). The Morgan fingerprint density at radius 3 is 2.93 bits per heavy atom. The monoisotopic (exact) mass is 416 g/mol. The van der Waals surface area contributed by atoms with Crippen LogP contribution < -0.4 is 5.32 Å². The summed E-state index contributed by atoms with van der Waals surface area (Å²) >= 11 is 1.56. The first kappa shape index (κ1) is 19.0. The van der Waals surface area contributed by atoms with Crippen LogP contribution in [0.4, 0.5) is 0 Å². The number of benzene rings is 1. The Labute approximate surface area is 179 Å². The zero-order valence-corrected chi connectivity index (χ0v) is 17.9. The van der Waals surface area contributed by atoms with Crippen molar-refractivity contribution >= 4 is 28.1 Å². The van der Waals surface area contributed by atoms with Crippen molar-refractivity contribution in [1.29, 1.82) is 0 Å². The average molecular weight is 417 g/mol. The zero-order chi connectivity index (χ0) is 20.7. The average Bonchev–Trinajstić information content (AvgIpc) is 3.39. The van der Waals surface area contributed by atoms with E-state index in [1.165, 1.54) is 23.1 Å². The number of rotatable bonds is 4. The van der Waals surface area contributed by atoms with Gasteiger partial charge in [0.15, 0.2) is 0 Å². The lowest BCUT2D eigenvalue weighted by atomic mass is 9.87. The molecule has 0 radical (unpaired) electrons. The summed E-state index contributed by atoms with van der Waals surface area (Å²) in [5, 5.41) is 7.23. The smallest absolute Gasteiger partial charge is 0.253 e. The maximum atomic E-state index is 13.1. The molecule has 1 amide bonds. The topological polar surface area (TPSA) is 70.7 Å². The van der Waals surface area contributed by atoms with Gasteiger partial charge in [0.05, 0.1) is 22.8 Å². The van der Waals surface area contributed by atoms with Crippen molar-refractivity contribution in [2.75, 3.05) is 0 Å². The van der Waals surface area contributed by atoms with Gasteiger partial charge in [-0.3, -0.25) is 9.78 Å². The van der Waals surface area contributed by atoms with Crippen molar-refractivity contribution in [1.82, 2.24) is 20.3 Å². The van der Waals surface area contributed by atoms with Crippen LogP contribution in [0.15, 0.2) is 48.1 Å². The number of thiazole rings is 1. The number of nitrogens with one attached hydrogen (secondary N) is 2. The van der Waals surface area contributed by atoms with Gasteiger partial charge >= 0.3 is 0 Å². The molecule has 4 aromatic rings. The number of para-hydroxylation sites is 1. The molecule has 1 aromatic carbocycles. The molecular weight excluding hydrogens is 392 g/mol. The molecule has 3 aromatic heterocycles. The summed E-state index contributed by atoms with van der Waals surface area (Å²) in [6.45, 7) is 4.28. The van der Waals surface area contributed by atoms with Gasteiger partial charge in [-0.1, -0.05) is 19.1 Å². The standard InChI is InChI=1S/C24H24N4OS/c1-14-6-7-20-19(12-14)17-4-3-5-18(22(17)27-20)23(29)26-15(2)24-28-21(13-30-24)16-8-10-25-11-9-16/h3-5,8-11,13-15,27H,6-7,12H2,1-2H3,(H,26,29). The summed E-state index contributed by atoms with van der Waals surface area (Å²) in [6.07, 6.45) is 6.85. The first-order valence-electron chi connectivity index (χ1n) is 10.4. The molecule has 1 aliphatic rings. The lowest BCUT2D eigenvalue weighted by molar-refractivity contribution is 0.0941. The lowest BCUT2D eigenvalue weighted by Crippen LogP contribution is -2.26. The number of pyridine rings is 1. The highest BCUT2D eigenvalue weighted by Crippen LogP contribution is 2.33. The molecule has 5 nitrogen and oxygen atoms in total. The van der Waals surface area contributed by atoms with E-state index in [2.05, 4.69) is 28.3 Å². The van der Waals surface area contributed by atoms with Crippen molar-refractivity contribution < 1.29 is 4.79 Å². The van der Waals surface area contributed by atoms with E-state index in [4.69, 9.17) is 4.98 Å². The number of nitrogens with zero attached hydrogens (tertiary/aromatic N) is 2. The van der Waals surface area contributed by atoms with Crippen LogP contribution in [0, 0.1) is 5.92 Å². The van der Waals surface area contributed by atoms with E-state index in [0.717, 1.165) is 34.6 Å². The summed E-state index contributed by atoms with van der Waals surface area (Å²) in [6, 6.07) is 9.73. The second kappa shape index (κ2) is 7.69. The van der Waals surface area contributed by atoms with E-state index >= 15 is 0 Å². The molecule has 0 saturated heterocycles. The van der Waals surface area contributed by atoms with Crippen LogP contribution in [0.1, 0.15) is 52.9 Å². The number of H-pyrrole nitrogens is 1. The largest absolute Gasteiger partial charge is 0.358 e. The number of hydrogen-bond acceptors (Lipinski definition) is 4. The molecule has 0 saturated carbocycles. The van der Waals surface area contributed by atoms with Crippen molar-refractivity contribution in [2.24, 2.45) is 5.92 Å². The van der Waals surface area contributed by atoms with Crippen LogP contribution in [-0.4, -0.2) is 20.9 Å². The van der Waals surface area contributed by atoms with Crippen molar-refractivity contribution in [2.45, 2.75) is 39.2 Å². The van der Waals surface area contributed by atoms with E-state index in [1.807, 2.05) is 36.6 Å². The van der Waals surface area contributed by atoms with Crippen LogP contribution in [0.25, 0.3) is 22.2 Å². The fourth-order valence-electron chi connectivity index (χ4n) is 4.28. The van der Waals surface area contributed by atoms with Crippen molar-refractivity contribution in [3.05, 3.63) is 69.9 Å². The second-order valence-corrected chi connectivity index (χ2v) is 9.05. The van der Waals surface area contributed by atoms with Gasteiger partial charge in [0.1, 0.15) is 5.01 Å². The number of amides is 1. The molecule has 0 bridgehead atoms. The Bertz CT molecular complexity index is 1210. The molecule has 0 spiro atoms. The number of aromatic amines is 1. The first-order valence-corrected chi connectivity index (χ1v) is 11.3. The van der Waals surface area contributed by atoms with Crippen LogP contribution in [0.3, 0.4) is 0 Å². The highest BCUT2D eigenvalue weighted by Gasteiger charge is 2.23. The van der Waals surface area contributed by atoms with Gasteiger partial charge in [-0.2, -0.15) is 0 Å². The number of carbonyl (C=O) groups excluding carboxylic acids is 1. The van der Waals surface area contributed by atoms with Crippen LogP contribution in [0.5, 0.6) is 0 Å². The number of hydrogen-bond donors (Lipinski definition) is 2. The molecule has 1 aliphatic carbocycles. The summed E-state index contributed by atoms with van der Waals surface area (Å²) in [4.78, 5) is 25.5. The summed E-state index contributed by atoms with van der Waals surface area (Å²) in [5.74, 6) is 0.619. The predicted octanol–water partition coefficient (Wildman–Crippen LogP) is 5.30. The van der Waals surface area contributed by atoms with E-state index in [9.17, 15) is 4.79 Å². The molecule has 3 heterocycles. The van der Waals surface area contributed by atoms with Gasteiger partial charge < -0.3 is 10.3 Å². The zero-order valence-electron chi connectivity index (χ0n) is 17.1. The van der Waals surface area contributed by atoms with Crippen LogP contribution in [0.2, 0.25) is 0 Å². The number of carbonyl (C=O) groups is 1. The maximum absolute atomic E-state index is 13.1. The Morgan fingerprint density at radius 2 is 2.10 bits per heavy atom. The molecule has 30 heavy (non-hydrogen) atoms. The summed E-state index contributed by atoms with van der Waals surface area (Å²) < 4.78 is 0.